The Hall–Kier alpha value is -2.13. The molecule has 0 spiro atoms. The van der Waals surface area contributed by atoms with E-state index in [-0.39, 0.29) is 29.9 Å². The number of nitrogens with zero attached hydrogens (tertiary/aromatic N) is 2. The smallest absolute Gasteiger partial charge is 0.251 e. The maximum Gasteiger partial charge on any atom is 0.251 e. The second-order valence-electron chi connectivity index (χ2n) is 7.61. The zero-order valence-electron chi connectivity index (χ0n) is 18.4. The lowest BCUT2D eigenvalue weighted by atomic mass is 10.1. The molecular formula is C24H34IN5O. The molecule has 0 radical (unpaired) electrons. The number of guanidine groups is 1. The topological polar surface area (TPSA) is 68.8 Å². The van der Waals surface area contributed by atoms with Gasteiger partial charge in [-0.2, -0.15) is 0 Å². The van der Waals surface area contributed by atoms with Crippen molar-refractivity contribution < 1.29 is 4.79 Å². The zero-order chi connectivity index (χ0) is 21.2. The van der Waals surface area contributed by atoms with Gasteiger partial charge in [0, 0.05) is 38.3 Å². The first kappa shape index (κ1) is 25.1. The summed E-state index contributed by atoms with van der Waals surface area (Å²) < 4.78 is 0. The molecule has 1 fully saturated rings. The number of likely N-dealkylation sites (tertiary alicyclic amines) is 1. The summed E-state index contributed by atoms with van der Waals surface area (Å²) in [4.78, 5) is 19.1. The van der Waals surface area contributed by atoms with Crippen LogP contribution >= 0.6 is 24.0 Å². The first-order valence-corrected chi connectivity index (χ1v) is 10.8. The lowest BCUT2D eigenvalue weighted by Gasteiger charge is -2.25. The summed E-state index contributed by atoms with van der Waals surface area (Å²) in [6.45, 7) is 6.41. The average molecular weight is 535 g/mol. The SMILES string of the molecule is CCNC(=NCc1cccc(C(=O)NC)c1)NCC1CCCN1Cc1ccccc1.I. The minimum absolute atomic E-state index is 0. The highest BCUT2D eigenvalue weighted by atomic mass is 127. The van der Waals surface area contributed by atoms with Crippen molar-refractivity contribution in [3.05, 3.63) is 71.3 Å². The Morgan fingerprint density at radius 3 is 2.61 bits per heavy atom. The summed E-state index contributed by atoms with van der Waals surface area (Å²) in [6.07, 6.45) is 2.44. The van der Waals surface area contributed by atoms with E-state index < -0.39 is 0 Å². The standard InChI is InChI=1S/C24H33N5O.HI/c1-3-26-24(27-16-20-11-7-12-21(15-20)23(30)25-2)28-17-22-13-8-14-29(22)18-19-9-5-4-6-10-19;/h4-7,9-12,15,22H,3,8,13-14,16-18H2,1-2H3,(H,25,30)(H2,26,27,28);1H. The molecule has 3 rings (SSSR count). The fourth-order valence-corrected chi connectivity index (χ4v) is 3.83. The number of rotatable bonds is 8. The van der Waals surface area contributed by atoms with E-state index in [1.165, 1.54) is 18.4 Å². The molecule has 3 N–H and O–H groups in total. The number of carbonyl (C=O) groups excluding carboxylic acids is 1. The van der Waals surface area contributed by atoms with E-state index in [1.807, 2.05) is 24.3 Å². The predicted molar refractivity (Wildman–Crippen MR) is 138 cm³/mol. The summed E-state index contributed by atoms with van der Waals surface area (Å²) in [5, 5.41) is 9.51. The Balaban J connectivity index is 0.00000341. The summed E-state index contributed by atoms with van der Waals surface area (Å²) in [7, 11) is 1.64. The molecule has 1 aliphatic rings. The van der Waals surface area contributed by atoms with Gasteiger partial charge in [-0.3, -0.25) is 9.69 Å². The Bertz CT molecular complexity index is 843. The fraction of sp³-hybridized carbons (Fsp3) is 0.417. The molecule has 1 amide bonds. The average Bonchev–Trinajstić information content (AvgIpc) is 3.22. The summed E-state index contributed by atoms with van der Waals surface area (Å²) in [5.41, 5.74) is 3.03. The summed E-state index contributed by atoms with van der Waals surface area (Å²) in [5.74, 6) is 0.736. The summed E-state index contributed by atoms with van der Waals surface area (Å²) >= 11 is 0. The number of aliphatic imine (C=N–C) groups is 1. The second-order valence-corrected chi connectivity index (χ2v) is 7.61. The largest absolute Gasteiger partial charge is 0.357 e. The number of carbonyl (C=O) groups is 1. The van der Waals surface area contributed by atoms with Crippen LogP contribution in [0, 0.1) is 0 Å². The quantitative estimate of drug-likeness (QED) is 0.276. The Kier molecular flexibility index (Phi) is 10.8. The number of amides is 1. The molecule has 2 aromatic carbocycles. The number of hydrogen-bond acceptors (Lipinski definition) is 3. The van der Waals surface area contributed by atoms with E-state index in [0.29, 0.717) is 18.2 Å². The van der Waals surface area contributed by atoms with Crippen molar-refractivity contribution >= 4 is 35.8 Å². The third-order valence-corrected chi connectivity index (χ3v) is 5.41. The molecule has 1 saturated heterocycles. The van der Waals surface area contributed by atoms with Crippen LogP contribution in [0.5, 0.6) is 0 Å². The maximum absolute atomic E-state index is 11.8. The van der Waals surface area contributed by atoms with Gasteiger partial charge in [-0.1, -0.05) is 42.5 Å². The van der Waals surface area contributed by atoms with Gasteiger partial charge in [-0.25, -0.2) is 4.99 Å². The van der Waals surface area contributed by atoms with Crippen LogP contribution in [0.3, 0.4) is 0 Å². The van der Waals surface area contributed by atoms with Crippen molar-refractivity contribution in [2.45, 2.75) is 38.9 Å². The molecule has 0 bridgehead atoms. The van der Waals surface area contributed by atoms with E-state index in [1.54, 1.807) is 7.05 Å². The third-order valence-electron chi connectivity index (χ3n) is 5.41. The van der Waals surface area contributed by atoms with Crippen LogP contribution in [0.2, 0.25) is 0 Å². The van der Waals surface area contributed by atoms with Gasteiger partial charge in [0.15, 0.2) is 5.96 Å². The molecule has 1 aliphatic heterocycles. The molecule has 1 heterocycles. The second kappa shape index (κ2) is 13.3. The normalized spacial score (nSPS) is 16.5. The zero-order valence-corrected chi connectivity index (χ0v) is 20.8. The Morgan fingerprint density at radius 1 is 1.10 bits per heavy atom. The van der Waals surface area contributed by atoms with Crippen molar-refractivity contribution in [3.63, 3.8) is 0 Å². The molecule has 168 valence electrons. The van der Waals surface area contributed by atoms with Crippen LogP contribution in [0.4, 0.5) is 0 Å². The first-order valence-electron chi connectivity index (χ1n) is 10.8. The maximum atomic E-state index is 11.8. The molecule has 0 aromatic heterocycles. The number of nitrogens with one attached hydrogen (secondary N) is 3. The van der Waals surface area contributed by atoms with E-state index in [0.717, 1.165) is 37.7 Å². The van der Waals surface area contributed by atoms with Crippen molar-refractivity contribution in [2.75, 3.05) is 26.7 Å². The van der Waals surface area contributed by atoms with Gasteiger partial charge in [0.05, 0.1) is 6.54 Å². The molecule has 1 atom stereocenters. The molecule has 31 heavy (non-hydrogen) atoms. The van der Waals surface area contributed by atoms with Crippen LogP contribution in [-0.4, -0.2) is 49.5 Å². The number of halogens is 1. The number of benzene rings is 2. The van der Waals surface area contributed by atoms with Crippen LogP contribution in [0.1, 0.15) is 41.3 Å². The van der Waals surface area contributed by atoms with Crippen molar-refractivity contribution in [1.82, 2.24) is 20.9 Å². The monoisotopic (exact) mass is 535 g/mol. The highest BCUT2D eigenvalue weighted by Gasteiger charge is 2.24. The molecule has 2 aromatic rings. The first-order chi connectivity index (χ1) is 14.7. The molecule has 1 unspecified atom stereocenters. The van der Waals surface area contributed by atoms with Crippen molar-refractivity contribution in [1.29, 1.82) is 0 Å². The Labute approximate surface area is 202 Å². The molecule has 0 aliphatic carbocycles. The van der Waals surface area contributed by atoms with Gasteiger partial charge < -0.3 is 16.0 Å². The van der Waals surface area contributed by atoms with Gasteiger partial charge in [0.25, 0.3) is 5.91 Å². The van der Waals surface area contributed by atoms with Crippen LogP contribution in [0.25, 0.3) is 0 Å². The van der Waals surface area contributed by atoms with E-state index in [9.17, 15) is 4.79 Å². The predicted octanol–water partition coefficient (Wildman–Crippen LogP) is 3.38. The molecule has 7 heteroatoms. The molecular weight excluding hydrogens is 501 g/mol. The van der Waals surface area contributed by atoms with Crippen molar-refractivity contribution in [3.8, 4) is 0 Å². The van der Waals surface area contributed by atoms with E-state index >= 15 is 0 Å². The van der Waals surface area contributed by atoms with Gasteiger partial charge in [-0.15, -0.1) is 24.0 Å². The third kappa shape index (κ3) is 7.81. The molecule has 0 saturated carbocycles. The highest BCUT2D eigenvalue weighted by Crippen LogP contribution is 2.19. The highest BCUT2D eigenvalue weighted by molar-refractivity contribution is 14.0. The fourth-order valence-electron chi connectivity index (χ4n) is 3.83. The minimum atomic E-state index is -0.0781. The van der Waals surface area contributed by atoms with Gasteiger partial charge >= 0.3 is 0 Å². The van der Waals surface area contributed by atoms with Gasteiger partial charge in [0.1, 0.15) is 0 Å². The molecule has 6 nitrogen and oxygen atoms in total. The van der Waals surface area contributed by atoms with Crippen LogP contribution in [-0.2, 0) is 13.1 Å². The van der Waals surface area contributed by atoms with Gasteiger partial charge in [0.2, 0.25) is 0 Å². The lowest BCUT2D eigenvalue weighted by molar-refractivity contribution is 0.0963. The minimum Gasteiger partial charge on any atom is -0.357 e. The van der Waals surface area contributed by atoms with Gasteiger partial charge in [-0.05, 0) is 49.6 Å². The van der Waals surface area contributed by atoms with Crippen molar-refractivity contribution in [2.24, 2.45) is 4.99 Å². The van der Waals surface area contributed by atoms with E-state index in [2.05, 4.69) is 58.1 Å². The lowest BCUT2D eigenvalue weighted by Crippen LogP contribution is -2.44. The number of hydrogen-bond donors (Lipinski definition) is 3. The van der Waals surface area contributed by atoms with Crippen LogP contribution < -0.4 is 16.0 Å². The van der Waals surface area contributed by atoms with Crippen LogP contribution in [0.15, 0.2) is 59.6 Å². The summed E-state index contributed by atoms with van der Waals surface area (Å²) in [6, 6.07) is 18.8. The Morgan fingerprint density at radius 2 is 1.87 bits per heavy atom. The van der Waals surface area contributed by atoms with E-state index in [4.69, 9.17) is 4.99 Å².